The number of hydrogen-bond donors (Lipinski definition) is 4. The molecular weight excluding hydrogens is 392 g/mol. The van der Waals surface area contributed by atoms with Crippen molar-refractivity contribution in [2.75, 3.05) is 18.4 Å². The minimum Gasteiger partial charge on any atom is -0.367 e. The van der Waals surface area contributed by atoms with Gasteiger partial charge in [0.05, 0.1) is 11.6 Å². The second-order valence-electron chi connectivity index (χ2n) is 8.74. The zero-order chi connectivity index (χ0) is 22.0. The van der Waals surface area contributed by atoms with Gasteiger partial charge in [-0.15, -0.1) is 0 Å². The van der Waals surface area contributed by atoms with E-state index in [-0.39, 0.29) is 11.6 Å². The van der Waals surface area contributed by atoms with Crippen LogP contribution in [0.4, 0.5) is 5.82 Å². The van der Waals surface area contributed by atoms with Crippen LogP contribution in [0.1, 0.15) is 66.0 Å². The quantitative estimate of drug-likeness (QED) is 0.486. The molecule has 1 saturated heterocycles. The van der Waals surface area contributed by atoms with E-state index in [4.69, 9.17) is 16.1 Å². The lowest BCUT2D eigenvalue weighted by Gasteiger charge is -2.43. The smallest absolute Gasteiger partial charge is 0.261 e. The monoisotopic (exact) mass is 422 g/mol. The van der Waals surface area contributed by atoms with E-state index in [1.54, 1.807) is 12.1 Å². The third-order valence-corrected chi connectivity index (χ3v) is 6.51. The lowest BCUT2D eigenvalue weighted by molar-refractivity contribution is 0.0562. The van der Waals surface area contributed by atoms with Crippen LogP contribution in [0.2, 0.25) is 0 Å². The summed E-state index contributed by atoms with van der Waals surface area (Å²) in [5.74, 6) is 1.28. The first-order chi connectivity index (χ1) is 14.9. The van der Waals surface area contributed by atoms with Crippen LogP contribution in [0.25, 0.3) is 0 Å². The van der Waals surface area contributed by atoms with Gasteiger partial charge < -0.3 is 21.4 Å². The maximum absolute atomic E-state index is 12.5. The lowest BCUT2D eigenvalue weighted by Crippen LogP contribution is -2.49. The largest absolute Gasteiger partial charge is 0.367 e. The Kier molecular flexibility index (Phi) is 6.18. The molecule has 2 fully saturated rings. The van der Waals surface area contributed by atoms with E-state index >= 15 is 0 Å². The summed E-state index contributed by atoms with van der Waals surface area (Å²) in [5.41, 5.74) is 7.04. The predicted octanol–water partition coefficient (Wildman–Crippen LogP) is 2.46. The molecule has 2 aromatic rings. The molecule has 0 radical (unpaired) electrons. The van der Waals surface area contributed by atoms with Gasteiger partial charge in [0, 0.05) is 30.9 Å². The highest BCUT2D eigenvalue weighted by Gasteiger charge is 2.32. The molecule has 0 bridgehead atoms. The van der Waals surface area contributed by atoms with E-state index in [1.165, 1.54) is 18.4 Å². The van der Waals surface area contributed by atoms with Gasteiger partial charge in [0.15, 0.2) is 0 Å². The van der Waals surface area contributed by atoms with Gasteiger partial charge in [0.1, 0.15) is 11.6 Å². The number of rotatable bonds is 8. The molecular formula is C23H30N6O2. The van der Waals surface area contributed by atoms with Gasteiger partial charge in [0.25, 0.3) is 5.56 Å². The van der Waals surface area contributed by atoms with Crippen molar-refractivity contribution < 1.29 is 4.79 Å². The van der Waals surface area contributed by atoms with Crippen LogP contribution in [0.5, 0.6) is 0 Å². The van der Waals surface area contributed by atoms with Gasteiger partial charge in [-0.05, 0) is 49.8 Å². The first-order valence-electron chi connectivity index (χ1n) is 11.0. The Morgan fingerprint density at radius 1 is 1.32 bits per heavy atom. The van der Waals surface area contributed by atoms with E-state index in [2.05, 4.69) is 22.1 Å². The zero-order valence-electron chi connectivity index (χ0n) is 17.9. The lowest BCUT2D eigenvalue weighted by atomic mass is 9.90. The fraction of sp³-hybridized carbons (Fsp3) is 0.478. The molecule has 8 heteroatoms. The van der Waals surface area contributed by atoms with Crippen LogP contribution in [-0.4, -0.2) is 46.1 Å². The molecule has 1 aliphatic heterocycles. The summed E-state index contributed by atoms with van der Waals surface area (Å²) in [4.78, 5) is 33.6. The maximum atomic E-state index is 12.5. The third-order valence-electron chi connectivity index (χ3n) is 6.51. The summed E-state index contributed by atoms with van der Waals surface area (Å²) in [5, 5.41) is 11.0. The number of amides is 1. The van der Waals surface area contributed by atoms with E-state index in [9.17, 15) is 9.59 Å². The van der Waals surface area contributed by atoms with Crippen LogP contribution in [0, 0.1) is 11.3 Å². The number of likely N-dealkylation sites (tertiary alicyclic amines) is 1. The van der Waals surface area contributed by atoms with Crippen LogP contribution < -0.4 is 16.6 Å². The summed E-state index contributed by atoms with van der Waals surface area (Å²) in [6.45, 7) is 3.89. The summed E-state index contributed by atoms with van der Waals surface area (Å²) in [7, 11) is 0. The van der Waals surface area contributed by atoms with Crippen LogP contribution in [0.15, 0.2) is 29.1 Å². The Balaban J connectivity index is 1.40. The Labute approximate surface area is 181 Å². The molecule has 1 atom stereocenters. The first-order valence-corrected chi connectivity index (χ1v) is 11.0. The fourth-order valence-corrected chi connectivity index (χ4v) is 4.57. The molecule has 1 aliphatic carbocycles. The Morgan fingerprint density at radius 2 is 2.00 bits per heavy atom. The van der Waals surface area contributed by atoms with E-state index in [0.717, 1.165) is 38.6 Å². The SMILES string of the molecule is CC(c1nc(NC2CCCC2)c(C=N)c(=O)[nH]1)N1CC(Cc2ccc(C(N)=O)cc2)C1. The number of aromatic nitrogens is 2. The number of H-pyrrole nitrogens is 1. The maximum Gasteiger partial charge on any atom is 0.261 e. The Morgan fingerprint density at radius 3 is 2.61 bits per heavy atom. The van der Waals surface area contributed by atoms with Crippen LogP contribution >= 0.6 is 0 Å². The Bertz CT molecular complexity index is 1000. The van der Waals surface area contributed by atoms with Crippen molar-refractivity contribution >= 4 is 17.9 Å². The van der Waals surface area contributed by atoms with Crippen molar-refractivity contribution in [1.29, 1.82) is 5.41 Å². The summed E-state index contributed by atoms with van der Waals surface area (Å²) in [6.07, 6.45) is 6.54. The topological polar surface area (TPSA) is 128 Å². The van der Waals surface area contributed by atoms with Crippen molar-refractivity contribution in [2.45, 2.75) is 51.1 Å². The molecule has 0 spiro atoms. The molecule has 164 valence electrons. The van der Waals surface area contributed by atoms with Gasteiger partial charge in [-0.2, -0.15) is 0 Å². The second kappa shape index (κ2) is 9.01. The number of aromatic amines is 1. The number of anilines is 1. The molecule has 5 N–H and O–H groups in total. The average molecular weight is 423 g/mol. The second-order valence-corrected chi connectivity index (χ2v) is 8.74. The van der Waals surface area contributed by atoms with Gasteiger partial charge in [-0.25, -0.2) is 4.98 Å². The molecule has 2 heterocycles. The highest BCUT2D eigenvalue weighted by atomic mass is 16.1. The minimum atomic E-state index is -0.410. The third kappa shape index (κ3) is 4.69. The molecule has 4 rings (SSSR count). The van der Waals surface area contributed by atoms with Crippen molar-refractivity contribution in [2.24, 2.45) is 11.7 Å². The number of nitrogens with zero attached hydrogens (tertiary/aromatic N) is 2. The van der Waals surface area contributed by atoms with Gasteiger partial charge in [-0.3, -0.25) is 14.5 Å². The minimum absolute atomic E-state index is 0.00917. The number of benzene rings is 1. The molecule has 1 aromatic heterocycles. The highest BCUT2D eigenvalue weighted by molar-refractivity contribution is 5.92. The van der Waals surface area contributed by atoms with Crippen molar-refractivity contribution in [3.05, 3.63) is 57.1 Å². The molecule has 1 aromatic carbocycles. The van der Waals surface area contributed by atoms with Gasteiger partial charge in [0.2, 0.25) is 5.91 Å². The number of hydrogen-bond acceptors (Lipinski definition) is 6. The number of primary amides is 1. The summed E-state index contributed by atoms with van der Waals surface area (Å²) >= 11 is 0. The zero-order valence-corrected chi connectivity index (χ0v) is 17.9. The van der Waals surface area contributed by atoms with E-state index in [1.807, 2.05) is 12.1 Å². The van der Waals surface area contributed by atoms with Crippen LogP contribution in [0.3, 0.4) is 0 Å². The summed E-state index contributed by atoms with van der Waals surface area (Å²) < 4.78 is 0. The molecule has 1 amide bonds. The van der Waals surface area contributed by atoms with Gasteiger partial charge in [-0.1, -0.05) is 25.0 Å². The average Bonchev–Trinajstić information content (AvgIpc) is 3.23. The number of nitrogens with one attached hydrogen (secondary N) is 3. The highest BCUT2D eigenvalue weighted by Crippen LogP contribution is 2.29. The summed E-state index contributed by atoms with van der Waals surface area (Å²) in [6, 6.07) is 7.78. The van der Waals surface area contributed by atoms with Crippen molar-refractivity contribution in [3.8, 4) is 0 Å². The Hall–Kier alpha value is -3.00. The normalized spacial score (nSPS) is 18.5. The van der Waals surface area contributed by atoms with Gasteiger partial charge >= 0.3 is 0 Å². The first kappa shape index (κ1) is 21.2. The standard InChI is InChI=1S/C23H30N6O2/c1-14(29-12-16(13-29)10-15-6-8-17(9-7-15)20(25)30)21-27-22(19(11-24)23(31)28-21)26-18-4-2-3-5-18/h6-9,11,14,16,18,24H,2-5,10,12-13H2,1H3,(H2,25,30)(H2,26,27,28,31). The van der Waals surface area contributed by atoms with E-state index in [0.29, 0.717) is 34.7 Å². The fourth-order valence-electron chi connectivity index (χ4n) is 4.57. The molecule has 8 nitrogen and oxygen atoms in total. The number of carbonyl (C=O) groups excluding carboxylic acids is 1. The van der Waals surface area contributed by atoms with E-state index < -0.39 is 5.91 Å². The molecule has 2 aliphatic rings. The number of carbonyl (C=O) groups is 1. The molecule has 31 heavy (non-hydrogen) atoms. The molecule has 1 unspecified atom stereocenters. The van der Waals surface area contributed by atoms with Crippen molar-refractivity contribution in [1.82, 2.24) is 14.9 Å². The van der Waals surface area contributed by atoms with Crippen LogP contribution in [-0.2, 0) is 6.42 Å². The predicted molar refractivity (Wildman–Crippen MR) is 121 cm³/mol. The van der Waals surface area contributed by atoms with Crippen molar-refractivity contribution in [3.63, 3.8) is 0 Å². The molecule has 1 saturated carbocycles. The number of nitrogens with two attached hydrogens (primary N) is 1.